The van der Waals surface area contributed by atoms with E-state index in [9.17, 15) is 14.4 Å². The number of methoxy groups -OCH3 is 2. The normalized spacial score (nSPS) is 13.5. The van der Waals surface area contributed by atoms with Crippen LogP contribution in [0.5, 0.6) is 17.2 Å². The Hall–Kier alpha value is -3.81. The van der Waals surface area contributed by atoms with Gasteiger partial charge in [0.05, 0.1) is 19.9 Å². The molecule has 29 heavy (non-hydrogen) atoms. The quantitative estimate of drug-likeness (QED) is 0.441. The van der Waals surface area contributed by atoms with Gasteiger partial charge in [0.15, 0.2) is 11.5 Å². The summed E-state index contributed by atoms with van der Waals surface area (Å²) in [5.74, 6) is 0.268. The summed E-state index contributed by atoms with van der Waals surface area (Å²) < 4.78 is 15.7. The lowest BCUT2D eigenvalue weighted by Gasteiger charge is -2.09. The predicted molar refractivity (Wildman–Crippen MR) is 107 cm³/mol. The number of fused-ring (bicyclic) bond motifs is 1. The van der Waals surface area contributed by atoms with Gasteiger partial charge in [-0.15, -0.1) is 0 Å². The number of amides is 2. The second kappa shape index (κ2) is 8.47. The number of rotatable bonds is 6. The van der Waals surface area contributed by atoms with Crippen molar-refractivity contribution in [2.45, 2.75) is 6.92 Å². The first-order valence-electron chi connectivity index (χ1n) is 8.76. The molecule has 2 aromatic carbocycles. The predicted octanol–water partition coefficient (Wildman–Crippen LogP) is 2.24. The third kappa shape index (κ3) is 4.55. The fourth-order valence-electron chi connectivity index (χ4n) is 2.82. The van der Waals surface area contributed by atoms with Crippen LogP contribution in [-0.2, 0) is 14.4 Å². The van der Waals surface area contributed by atoms with E-state index in [1.165, 1.54) is 21.1 Å². The average Bonchev–Trinajstić information content (AvgIpc) is 3.01. The minimum Gasteiger partial charge on any atom is -0.493 e. The lowest BCUT2D eigenvalue weighted by Crippen LogP contribution is -2.29. The summed E-state index contributed by atoms with van der Waals surface area (Å²) >= 11 is 0. The molecule has 1 heterocycles. The van der Waals surface area contributed by atoms with Crippen LogP contribution >= 0.6 is 0 Å². The average molecular weight is 396 g/mol. The maximum Gasteiger partial charge on any atom is 0.330 e. The van der Waals surface area contributed by atoms with Crippen molar-refractivity contribution >= 4 is 35.1 Å². The lowest BCUT2D eigenvalue weighted by atomic mass is 10.0. The smallest absolute Gasteiger partial charge is 0.330 e. The van der Waals surface area contributed by atoms with E-state index in [-0.39, 0.29) is 18.4 Å². The van der Waals surface area contributed by atoms with Gasteiger partial charge >= 0.3 is 5.97 Å². The maximum atomic E-state index is 12.4. The number of ether oxygens (including phenoxy) is 3. The zero-order chi connectivity index (χ0) is 21.0. The molecule has 0 aliphatic carbocycles. The molecule has 0 spiro atoms. The molecule has 1 aliphatic rings. The first kappa shape index (κ1) is 19.9. The van der Waals surface area contributed by atoms with Crippen molar-refractivity contribution in [2.75, 3.05) is 26.1 Å². The van der Waals surface area contributed by atoms with Crippen LogP contribution in [0.15, 0.2) is 36.4 Å². The number of carbonyl (C=O) groups is 3. The van der Waals surface area contributed by atoms with E-state index >= 15 is 0 Å². The highest BCUT2D eigenvalue weighted by molar-refractivity contribution is 6.35. The molecular weight excluding hydrogens is 376 g/mol. The highest BCUT2D eigenvalue weighted by Gasteiger charge is 2.26. The molecule has 0 radical (unpaired) electrons. The largest absolute Gasteiger partial charge is 0.493 e. The Balaban J connectivity index is 1.80. The van der Waals surface area contributed by atoms with E-state index in [1.807, 2.05) is 0 Å². The zero-order valence-corrected chi connectivity index (χ0v) is 16.2. The van der Waals surface area contributed by atoms with Gasteiger partial charge in [-0.2, -0.15) is 0 Å². The standard InChI is InChI=1S/C21H20N2O6/c1-12(24)22-11-20(25)29-14-6-4-13(5-7-14)8-16-15-9-18(27-2)19(28-3)10-17(15)23-21(16)26/h4-10H,11H2,1-3H3,(H,22,24)(H,23,26). The molecular formula is C21H20N2O6. The first-order valence-corrected chi connectivity index (χ1v) is 8.76. The van der Waals surface area contributed by atoms with Crippen molar-refractivity contribution in [3.63, 3.8) is 0 Å². The molecule has 0 aromatic heterocycles. The van der Waals surface area contributed by atoms with Crippen LogP contribution in [0, 0.1) is 0 Å². The van der Waals surface area contributed by atoms with Crippen molar-refractivity contribution in [1.82, 2.24) is 5.32 Å². The molecule has 8 nitrogen and oxygen atoms in total. The molecule has 1 aliphatic heterocycles. The Morgan fingerprint density at radius 1 is 1.07 bits per heavy atom. The molecule has 150 valence electrons. The van der Waals surface area contributed by atoms with E-state index in [0.717, 1.165) is 5.56 Å². The number of benzene rings is 2. The van der Waals surface area contributed by atoms with Crippen molar-refractivity contribution in [1.29, 1.82) is 0 Å². The summed E-state index contributed by atoms with van der Waals surface area (Å²) in [5, 5.41) is 5.18. The second-order valence-corrected chi connectivity index (χ2v) is 6.22. The Bertz CT molecular complexity index is 995. The number of hydrogen-bond donors (Lipinski definition) is 2. The van der Waals surface area contributed by atoms with Gasteiger partial charge in [-0.3, -0.25) is 9.59 Å². The van der Waals surface area contributed by atoms with Crippen molar-refractivity contribution in [3.8, 4) is 17.2 Å². The second-order valence-electron chi connectivity index (χ2n) is 6.22. The number of carbonyl (C=O) groups excluding carboxylic acids is 3. The van der Waals surface area contributed by atoms with E-state index in [0.29, 0.717) is 34.1 Å². The molecule has 0 fully saturated rings. The Morgan fingerprint density at radius 2 is 1.72 bits per heavy atom. The van der Waals surface area contributed by atoms with Crippen LogP contribution in [0.1, 0.15) is 18.1 Å². The monoisotopic (exact) mass is 396 g/mol. The summed E-state index contributed by atoms with van der Waals surface area (Å²) in [6.45, 7) is 1.11. The van der Waals surface area contributed by atoms with Gasteiger partial charge in [0.1, 0.15) is 12.3 Å². The molecule has 2 aromatic rings. The molecule has 0 saturated carbocycles. The molecule has 8 heteroatoms. The zero-order valence-electron chi connectivity index (χ0n) is 16.2. The highest BCUT2D eigenvalue weighted by atomic mass is 16.5. The fraction of sp³-hybridized carbons (Fsp3) is 0.190. The Kier molecular flexibility index (Phi) is 5.82. The molecule has 2 amide bonds. The molecule has 0 unspecified atom stereocenters. The molecule has 0 saturated heterocycles. The number of nitrogens with one attached hydrogen (secondary N) is 2. The fourth-order valence-corrected chi connectivity index (χ4v) is 2.82. The van der Waals surface area contributed by atoms with Crippen LogP contribution in [0.2, 0.25) is 0 Å². The van der Waals surface area contributed by atoms with E-state index in [1.54, 1.807) is 42.5 Å². The van der Waals surface area contributed by atoms with Gasteiger partial charge in [-0.1, -0.05) is 12.1 Å². The van der Waals surface area contributed by atoms with Gasteiger partial charge in [0, 0.05) is 24.1 Å². The molecule has 0 bridgehead atoms. The van der Waals surface area contributed by atoms with Crippen LogP contribution in [0.4, 0.5) is 5.69 Å². The SMILES string of the molecule is COc1cc2c(cc1OC)C(=Cc1ccc(OC(=O)CNC(C)=O)cc1)C(=O)N2. The first-order chi connectivity index (χ1) is 13.9. The molecule has 2 N–H and O–H groups in total. The lowest BCUT2D eigenvalue weighted by molar-refractivity contribution is -0.135. The van der Waals surface area contributed by atoms with Gasteiger partial charge < -0.3 is 24.8 Å². The van der Waals surface area contributed by atoms with Crippen LogP contribution in [0.25, 0.3) is 11.6 Å². The number of hydrogen-bond acceptors (Lipinski definition) is 6. The van der Waals surface area contributed by atoms with E-state index in [4.69, 9.17) is 14.2 Å². The summed E-state index contributed by atoms with van der Waals surface area (Å²) in [5.41, 5.74) is 2.58. The summed E-state index contributed by atoms with van der Waals surface area (Å²) in [6.07, 6.45) is 1.73. The maximum absolute atomic E-state index is 12.4. The third-order valence-corrected chi connectivity index (χ3v) is 4.21. The summed E-state index contributed by atoms with van der Waals surface area (Å²) in [7, 11) is 3.06. The topological polar surface area (TPSA) is 103 Å². The van der Waals surface area contributed by atoms with E-state index < -0.39 is 5.97 Å². The Labute approximate surface area is 167 Å². The highest BCUT2D eigenvalue weighted by Crippen LogP contribution is 2.41. The minimum absolute atomic E-state index is 0.205. The minimum atomic E-state index is -0.573. The van der Waals surface area contributed by atoms with Crippen LogP contribution in [0.3, 0.4) is 0 Å². The van der Waals surface area contributed by atoms with Gasteiger partial charge in [-0.25, -0.2) is 4.79 Å². The van der Waals surface area contributed by atoms with Gasteiger partial charge in [-0.05, 0) is 29.8 Å². The van der Waals surface area contributed by atoms with E-state index in [2.05, 4.69) is 10.6 Å². The van der Waals surface area contributed by atoms with Gasteiger partial charge in [0.25, 0.3) is 5.91 Å². The van der Waals surface area contributed by atoms with Crippen molar-refractivity contribution in [2.24, 2.45) is 0 Å². The van der Waals surface area contributed by atoms with Crippen molar-refractivity contribution in [3.05, 3.63) is 47.5 Å². The number of anilines is 1. The Morgan fingerprint density at radius 3 is 2.34 bits per heavy atom. The summed E-state index contributed by atoms with van der Waals surface area (Å²) in [4.78, 5) is 34.9. The van der Waals surface area contributed by atoms with Crippen LogP contribution in [-0.4, -0.2) is 38.5 Å². The van der Waals surface area contributed by atoms with Gasteiger partial charge in [0.2, 0.25) is 5.91 Å². The number of esters is 1. The third-order valence-electron chi connectivity index (χ3n) is 4.21. The molecule has 0 atom stereocenters. The summed E-state index contributed by atoms with van der Waals surface area (Å²) in [6, 6.07) is 10.1. The van der Waals surface area contributed by atoms with Crippen LogP contribution < -0.4 is 24.8 Å². The molecule has 3 rings (SSSR count). The van der Waals surface area contributed by atoms with Crippen molar-refractivity contribution < 1.29 is 28.6 Å².